The summed E-state index contributed by atoms with van der Waals surface area (Å²) in [5.74, 6) is 0.619. The first-order valence-electron chi connectivity index (χ1n) is 6.10. The summed E-state index contributed by atoms with van der Waals surface area (Å²) in [6, 6.07) is 4.12. The zero-order valence-electron chi connectivity index (χ0n) is 10.4. The molecular formula is C13H19N3O. The smallest absolute Gasteiger partial charge is 0.236 e. The van der Waals surface area contributed by atoms with Gasteiger partial charge in [0.15, 0.2) is 0 Å². The molecular weight excluding hydrogens is 214 g/mol. The lowest BCUT2D eigenvalue weighted by Gasteiger charge is -2.27. The molecule has 2 rings (SSSR count). The highest BCUT2D eigenvalue weighted by atomic mass is 16.2. The summed E-state index contributed by atoms with van der Waals surface area (Å²) >= 11 is 0. The van der Waals surface area contributed by atoms with E-state index in [4.69, 9.17) is 0 Å². The minimum Gasteiger partial charge on any atom is -0.336 e. The van der Waals surface area contributed by atoms with Crippen LogP contribution in [0.4, 0.5) is 0 Å². The van der Waals surface area contributed by atoms with Gasteiger partial charge in [0.1, 0.15) is 0 Å². The number of aromatic nitrogens is 1. The van der Waals surface area contributed by atoms with Crippen LogP contribution in [0.5, 0.6) is 0 Å². The van der Waals surface area contributed by atoms with Crippen molar-refractivity contribution in [3.63, 3.8) is 0 Å². The van der Waals surface area contributed by atoms with Crippen LogP contribution >= 0.6 is 0 Å². The van der Waals surface area contributed by atoms with Gasteiger partial charge in [0.2, 0.25) is 5.91 Å². The Balaban J connectivity index is 2.00. The maximum absolute atomic E-state index is 11.6. The molecule has 4 nitrogen and oxygen atoms in total. The fourth-order valence-corrected chi connectivity index (χ4v) is 1.90. The SMILES string of the molecule is CC(C)c1ccc(CN2CCNCC2=O)cn1. The minimum absolute atomic E-state index is 0.171. The second-order valence-corrected chi connectivity index (χ2v) is 4.74. The largest absolute Gasteiger partial charge is 0.336 e. The highest BCUT2D eigenvalue weighted by molar-refractivity contribution is 5.78. The lowest BCUT2D eigenvalue weighted by molar-refractivity contribution is -0.132. The molecule has 0 spiro atoms. The number of carbonyl (C=O) groups excluding carboxylic acids is 1. The van der Waals surface area contributed by atoms with E-state index in [1.165, 1.54) is 0 Å². The number of hydrogen-bond acceptors (Lipinski definition) is 3. The van der Waals surface area contributed by atoms with Crippen molar-refractivity contribution in [2.24, 2.45) is 0 Å². The van der Waals surface area contributed by atoms with Gasteiger partial charge in [-0.15, -0.1) is 0 Å². The number of hydrogen-bond donors (Lipinski definition) is 1. The summed E-state index contributed by atoms with van der Waals surface area (Å²) in [4.78, 5) is 17.9. The zero-order chi connectivity index (χ0) is 12.3. The fraction of sp³-hybridized carbons (Fsp3) is 0.538. The molecule has 1 aromatic heterocycles. The fourth-order valence-electron chi connectivity index (χ4n) is 1.90. The first kappa shape index (κ1) is 12.0. The molecule has 92 valence electrons. The van der Waals surface area contributed by atoms with Crippen molar-refractivity contribution in [3.05, 3.63) is 29.6 Å². The van der Waals surface area contributed by atoms with Gasteiger partial charge < -0.3 is 10.2 Å². The predicted molar refractivity (Wildman–Crippen MR) is 66.6 cm³/mol. The molecule has 0 atom stereocenters. The quantitative estimate of drug-likeness (QED) is 0.851. The van der Waals surface area contributed by atoms with Gasteiger partial charge in [-0.2, -0.15) is 0 Å². The van der Waals surface area contributed by atoms with E-state index in [9.17, 15) is 4.79 Å². The van der Waals surface area contributed by atoms with E-state index in [2.05, 4.69) is 30.2 Å². The summed E-state index contributed by atoms with van der Waals surface area (Å²) in [5, 5.41) is 3.07. The Morgan fingerprint density at radius 2 is 2.29 bits per heavy atom. The molecule has 4 heteroatoms. The second kappa shape index (κ2) is 5.27. The van der Waals surface area contributed by atoms with E-state index in [1.807, 2.05) is 17.2 Å². The van der Waals surface area contributed by atoms with Crippen molar-refractivity contribution < 1.29 is 4.79 Å². The van der Waals surface area contributed by atoms with E-state index in [0.717, 1.165) is 24.3 Å². The molecule has 1 N–H and O–H groups in total. The summed E-state index contributed by atoms with van der Waals surface area (Å²) < 4.78 is 0. The van der Waals surface area contributed by atoms with E-state index in [-0.39, 0.29) is 5.91 Å². The average molecular weight is 233 g/mol. The second-order valence-electron chi connectivity index (χ2n) is 4.74. The topological polar surface area (TPSA) is 45.2 Å². The number of carbonyl (C=O) groups is 1. The summed E-state index contributed by atoms with van der Waals surface area (Å²) in [5.41, 5.74) is 2.20. The predicted octanol–water partition coefficient (Wildman–Crippen LogP) is 1.14. The van der Waals surface area contributed by atoms with Gasteiger partial charge >= 0.3 is 0 Å². The Morgan fingerprint density at radius 1 is 1.47 bits per heavy atom. The molecule has 0 radical (unpaired) electrons. The van der Waals surface area contributed by atoms with Crippen molar-refractivity contribution in [2.45, 2.75) is 26.3 Å². The molecule has 0 aromatic carbocycles. The van der Waals surface area contributed by atoms with Crippen molar-refractivity contribution in [1.82, 2.24) is 15.2 Å². The molecule has 0 unspecified atom stereocenters. The van der Waals surface area contributed by atoms with Crippen LogP contribution in [0.2, 0.25) is 0 Å². The number of piperazine rings is 1. The van der Waals surface area contributed by atoms with E-state index < -0.39 is 0 Å². The van der Waals surface area contributed by atoms with Crippen molar-refractivity contribution in [3.8, 4) is 0 Å². The summed E-state index contributed by atoms with van der Waals surface area (Å²) in [6.45, 7) is 7.04. The normalized spacial score (nSPS) is 16.6. The Hall–Kier alpha value is -1.42. The molecule has 0 bridgehead atoms. The van der Waals surface area contributed by atoms with Crippen molar-refractivity contribution >= 4 is 5.91 Å². The standard InChI is InChI=1S/C13H19N3O/c1-10(2)12-4-3-11(7-15-12)9-16-6-5-14-8-13(16)17/h3-4,7,10,14H,5-6,8-9H2,1-2H3. The maximum Gasteiger partial charge on any atom is 0.236 e. The third-order valence-corrected chi connectivity index (χ3v) is 3.00. The number of amides is 1. The van der Waals surface area contributed by atoms with E-state index in [0.29, 0.717) is 19.0 Å². The van der Waals surface area contributed by atoms with Crippen LogP contribution in [0.15, 0.2) is 18.3 Å². The molecule has 1 aliphatic rings. The maximum atomic E-state index is 11.6. The Bertz CT molecular complexity index is 386. The molecule has 1 amide bonds. The highest BCUT2D eigenvalue weighted by Gasteiger charge is 2.17. The Morgan fingerprint density at radius 3 is 2.88 bits per heavy atom. The number of nitrogens with zero attached hydrogens (tertiary/aromatic N) is 2. The molecule has 1 aromatic rings. The van der Waals surface area contributed by atoms with E-state index >= 15 is 0 Å². The molecule has 2 heterocycles. The highest BCUT2D eigenvalue weighted by Crippen LogP contribution is 2.12. The summed E-state index contributed by atoms with van der Waals surface area (Å²) in [7, 11) is 0. The average Bonchev–Trinajstić information content (AvgIpc) is 2.33. The first-order valence-corrected chi connectivity index (χ1v) is 6.10. The Labute approximate surface area is 102 Å². The van der Waals surface area contributed by atoms with Crippen LogP contribution < -0.4 is 5.32 Å². The van der Waals surface area contributed by atoms with Gasteiger partial charge in [-0.05, 0) is 17.5 Å². The van der Waals surface area contributed by atoms with Crippen LogP contribution in [0.3, 0.4) is 0 Å². The van der Waals surface area contributed by atoms with Crippen molar-refractivity contribution in [1.29, 1.82) is 0 Å². The molecule has 1 aliphatic heterocycles. The molecule has 1 saturated heterocycles. The molecule has 0 saturated carbocycles. The lowest BCUT2D eigenvalue weighted by atomic mass is 10.1. The third kappa shape index (κ3) is 3.03. The number of nitrogens with one attached hydrogen (secondary N) is 1. The monoisotopic (exact) mass is 233 g/mol. The van der Waals surface area contributed by atoms with Gasteiger partial charge in [-0.3, -0.25) is 9.78 Å². The van der Waals surface area contributed by atoms with Gasteiger partial charge in [-0.1, -0.05) is 19.9 Å². The molecule has 0 aliphatic carbocycles. The molecule has 17 heavy (non-hydrogen) atoms. The third-order valence-electron chi connectivity index (χ3n) is 3.00. The first-order chi connectivity index (χ1) is 8.16. The summed E-state index contributed by atoms with van der Waals surface area (Å²) in [6.07, 6.45) is 1.88. The van der Waals surface area contributed by atoms with Gasteiger partial charge in [0.25, 0.3) is 0 Å². The van der Waals surface area contributed by atoms with Crippen LogP contribution in [0, 0.1) is 0 Å². The molecule has 1 fully saturated rings. The number of rotatable bonds is 3. The van der Waals surface area contributed by atoms with Crippen LogP contribution in [-0.2, 0) is 11.3 Å². The van der Waals surface area contributed by atoms with Crippen LogP contribution in [0.25, 0.3) is 0 Å². The van der Waals surface area contributed by atoms with Gasteiger partial charge in [0, 0.05) is 31.5 Å². The van der Waals surface area contributed by atoms with Crippen LogP contribution in [0.1, 0.15) is 31.0 Å². The van der Waals surface area contributed by atoms with Gasteiger partial charge in [0.05, 0.1) is 6.54 Å². The number of pyridine rings is 1. The lowest BCUT2D eigenvalue weighted by Crippen LogP contribution is -2.47. The van der Waals surface area contributed by atoms with E-state index in [1.54, 1.807) is 0 Å². The van der Waals surface area contributed by atoms with Crippen molar-refractivity contribution in [2.75, 3.05) is 19.6 Å². The van der Waals surface area contributed by atoms with Gasteiger partial charge in [-0.25, -0.2) is 0 Å². The van der Waals surface area contributed by atoms with Crippen LogP contribution in [-0.4, -0.2) is 35.4 Å². The Kier molecular flexibility index (Phi) is 3.74. The zero-order valence-corrected chi connectivity index (χ0v) is 10.4. The minimum atomic E-state index is 0.171.